The number of carbonyl (C=O) groups excluding carboxylic acids is 1. The Hall–Kier alpha value is -1.64. The zero-order chi connectivity index (χ0) is 11.0. The predicted molar refractivity (Wildman–Crippen MR) is 56.5 cm³/mol. The quantitative estimate of drug-likeness (QED) is 0.788. The average molecular weight is 205 g/mol. The molecule has 0 saturated heterocycles. The molecule has 3 heteroatoms. The van der Waals surface area contributed by atoms with Crippen molar-refractivity contribution in [1.82, 2.24) is 0 Å². The summed E-state index contributed by atoms with van der Waals surface area (Å²) in [6, 6.07) is 4.69. The fourth-order valence-corrected chi connectivity index (χ4v) is 2.03. The summed E-state index contributed by atoms with van der Waals surface area (Å²) in [5, 5.41) is 0. The number of hydrogen-bond donors (Lipinski definition) is 1. The number of allylic oxidation sites excluding steroid dienone is 1. The number of fused-ring (bicyclic) bond motifs is 1. The van der Waals surface area contributed by atoms with Crippen molar-refractivity contribution >= 4 is 11.5 Å². The maximum Gasteiger partial charge on any atom is 0.221 e. The Labute approximate surface area is 87.6 Å². The Morgan fingerprint density at radius 3 is 2.93 bits per heavy atom. The van der Waals surface area contributed by atoms with Crippen molar-refractivity contribution in [2.45, 2.75) is 19.8 Å². The van der Waals surface area contributed by atoms with E-state index in [-0.39, 0.29) is 18.1 Å². The fraction of sp³-hybridized carbons (Fsp3) is 0.250. The Kier molecular flexibility index (Phi) is 2.31. The molecule has 2 nitrogen and oxygen atoms in total. The minimum absolute atomic E-state index is 0.197. The van der Waals surface area contributed by atoms with Gasteiger partial charge in [0.15, 0.2) is 0 Å². The second kappa shape index (κ2) is 3.50. The summed E-state index contributed by atoms with van der Waals surface area (Å²) in [6.45, 7) is 1.95. The van der Waals surface area contributed by atoms with E-state index in [2.05, 4.69) is 0 Å². The minimum Gasteiger partial charge on any atom is -0.369 e. The first kappa shape index (κ1) is 9.90. The molecule has 0 unspecified atom stereocenters. The summed E-state index contributed by atoms with van der Waals surface area (Å²) >= 11 is 0. The molecule has 0 aromatic heterocycles. The number of nitrogens with two attached hydrogens (primary N) is 1. The molecule has 0 spiro atoms. The van der Waals surface area contributed by atoms with Crippen molar-refractivity contribution in [1.29, 1.82) is 0 Å². The van der Waals surface area contributed by atoms with Gasteiger partial charge in [0.1, 0.15) is 5.82 Å². The molecule has 0 bridgehead atoms. The Morgan fingerprint density at radius 2 is 2.27 bits per heavy atom. The van der Waals surface area contributed by atoms with Gasteiger partial charge in [0.05, 0.1) is 6.42 Å². The van der Waals surface area contributed by atoms with Gasteiger partial charge in [-0.2, -0.15) is 0 Å². The molecule has 1 aliphatic carbocycles. The lowest BCUT2D eigenvalue weighted by Crippen LogP contribution is -2.10. The third-order valence-corrected chi connectivity index (χ3v) is 2.72. The molecule has 1 aromatic rings. The van der Waals surface area contributed by atoms with Crippen LogP contribution in [0.4, 0.5) is 4.39 Å². The molecule has 1 aliphatic rings. The van der Waals surface area contributed by atoms with Crippen LogP contribution in [0.2, 0.25) is 0 Å². The molecule has 1 aromatic carbocycles. The molecule has 2 rings (SSSR count). The maximum atomic E-state index is 13.1. The van der Waals surface area contributed by atoms with E-state index in [0.29, 0.717) is 0 Å². The first-order valence-corrected chi connectivity index (χ1v) is 4.83. The lowest BCUT2D eigenvalue weighted by Gasteiger charge is -2.04. The van der Waals surface area contributed by atoms with Gasteiger partial charge in [0, 0.05) is 0 Å². The van der Waals surface area contributed by atoms with Gasteiger partial charge in [-0.15, -0.1) is 0 Å². The molecule has 0 aliphatic heterocycles. The average Bonchev–Trinajstić information content (AvgIpc) is 2.43. The maximum absolute atomic E-state index is 13.1. The highest BCUT2D eigenvalue weighted by molar-refractivity contribution is 5.91. The van der Waals surface area contributed by atoms with Crippen molar-refractivity contribution in [3.05, 3.63) is 40.7 Å². The zero-order valence-corrected chi connectivity index (χ0v) is 8.51. The minimum atomic E-state index is -0.374. The first-order chi connectivity index (χ1) is 7.08. The molecule has 15 heavy (non-hydrogen) atoms. The monoisotopic (exact) mass is 205 g/mol. The van der Waals surface area contributed by atoms with Crippen LogP contribution in [0.15, 0.2) is 23.8 Å². The number of primary amides is 1. The lowest BCUT2D eigenvalue weighted by atomic mass is 10.0. The second-order valence-electron chi connectivity index (χ2n) is 3.88. The summed E-state index contributed by atoms with van der Waals surface area (Å²) in [6.07, 6.45) is 0.987. The Morgan fingerprint density at radius 1 is 1.53 bits per heavy atom. The number of carbonyl (C=O) groups is 1. The van der Waals surface area contributed by atoms with E-state index < -0.39 is 0 Å². The van der Waals surface area contributed by atoms with Gasteiger partial charge in [-0.3, -0.25) is 4.79 Å². The van der Waals surface area contributed by atoms with Crippen LogP contribution < -0.4 is 5.73 Å². The van der Waals surface area contributed by atoms with Crippen molar-refractivity contribution < 1.29 is 9.18 Å². The molecule has 0 atom stereocenters. The van der Waals surface area contributed by atoms with Crippen molar-refractivity contribution in [3.63, 3.8) is 0 Å². The van der Waals surface area contributed by atoms with E-state index in [0.717, 1.165) is 28.7 Å². The predicted octanol–water partition coefficient (Wildman–Crippen LogP) is 2.03. The van der Waals surface area contributed by atoms with Crippen molar-refractivity contribution in [2.24, 2.45) is 5.73 Å². The van der Waals surface area contributed by atoms with Crippen LogP contribution in [0.25, 0.3) is 5.57 Å². The summed E-state index contributed by atoms with van der Waals surface area (Å²) < 4.78 is 13.1. The smallest absolute Gasteiger partial charge is 0.221 e. The van der Waals surface area contributed by atoms with E-state index in [1.807, 2.05) is 6.92 Å². The molecule has 1 amide bonds. The topological polar surface area (TPSA) is 43.1 Å². The zero-order valence-electron chi connectivity index (χ0n) is 8.51. The standard InChI is InChI=1S/C12H12FNO/c1-7-4-8-2-3-9(13)5-11(8)10(7)6-12(14)15/h2-3,5H,4,6H2,1H3,(H2,14,15). The molecular formula is C12H12FNO. The Balaban J connectivity index is 2.45. The van der Waals surface area contributed by atoms with Gasteiger partial charge in [0.25, 0.3) is 0 Å². The van der Waals surface area contributed by atoms with E-state index in [1.165, 1.54) is 12.1 Å². The van der Waals surface area contributed by atoms with Crippen LogP contribution in [0.5, 0.6) is 0 Å². The van der Waals surface area contributed by atoms with E-state index >= 15 is 0 Å². The molecule has 2 N–H and O–H groups in total. The lowest BCUT2D eigenvalue weighted by molar-refractivity contribution is -0.117. The van der Waals surface area contributed by atoms with Gasteiger partial charge in [-0.05, 0) is 42.2 Å². The summed E-state index contributed by atoms with van der Waals surface area (Å²) in [5.74, 6) is -0.646. The number of rotatable bonds is 2. The third-order valence-electron chi connectivity index (χ3n) is 2.72. The van der Waals surface area contributed by atoms with Gasteiger partial charge in [-0.1, -0.05) is 11.6 Å². The van der Waals surface area contributed by atoms with Crippen LogP contribution in [0.1, 0.15) is 24.5 Å². The first-order valence-electron chi connectivity index (χ1n) is 4.83. The fourth-order valence-electron chi connectivity index (χ4n) is 2.03. The van der Waals surface area contributed by atoms with Gasteiger partial charge >= 0.3 is 0 Å². The van der Waals surface area contributed by atoms with Crippen LogP contribution >= 0.6 is 0 Å². The highest BCUT2D eigenvalue weighted by Gasteiger charge is 2.20. The summed E-state index contributed by atoms with van der Waals surface area (Å²) in [7, 11) is 0. The largest absolute Gasteiger partial charge is 0.369 e. The van der Waals surface area contributed by atoms with Crippen LogP contribution in [-0.4, -0.2) is 5.91 Å². The van der Waals surface area contributed by atoms with Crippen molar-refractivity contribution in [3.8, 4) is 0 Å². The molecular weight excluding hydrogens is 193 g/mol. The third kappa shape index (κ3) is 1.77. The van der Waals surface area contributed by atoms with Crippen LogP contribution in [-0.2, 0) is 11.2 Å². The van der Waals surface area contributed by atoms with Gasteiger partial charge in [0.2, 0.25) is 5.91 Å². The van der Waals surface area contributed by atoms with E-state index in [9.17, 15) is 9.18 Å². The number of hydrogen-bond acceptors (Lipinski definition) is 1. The van der Waals surface area contributed by atoms with E-state index in [1.54, 1.807) is 6.07 Å². The number of amides is 1. The van der Waals surface area contributed by atoms with Crippen LogP contribution in [0, 0.1) is 5.82 Å². The number of halogens is 1. The molecule has 0 saturated carbocycles. The molecule has 0 radical (unpaired) electrons. The normalized spacial score (nSPS) is 14.3. The molecule has 0 heterocycles. The van der Waals surface area contributed by atoms with Gasteiger partial charge < -0.3 is 5.73 Å². The highest BCUT2D eigenvalue weighted by atomic mass is 19.1. The molecule has 78 valence electrons. The molecule has 0 fully saturated rings. The van der Waals surface area contributed by atoms with Crippen LogP contribution in [0.3, 0.4) is 0 Å². The summed E-state index contributed by atoms with van der Waals surface area (Å²) in [5.41, 5.74) is 9.07. The number of benzene rings is 1. The Bertz CT molecular complexity index is 463. The second-order valence-corrected chi connectivity index (χ2v) is 3.88. The van der Waals surface area contributed by atoms with Gasteiger partial charge in [-0.25, -0.2) is 4.39 Å². The highest BCUT2D eigenvalue weighted by Crippen LogP contribution is 2.34. The summed E-state index contributed by atoms with van der Waals surface area (Å²) in [4.78, 5) is 10.9. The SMILES string of the molecule is CC1=C(CC(N)=O)c2cc(F)ccc2C1. The van der Waals surface area contributed by atoms with E-state index in [4.69, 9.17) is 5.73 Å². The van der Waals surface area contributed by atoms with Crippen molar-refractivity contribution in [2.75, 3.05) is 0 Å².